The number of carbonyl (C=O) groups excluding carboxylic acids is 5. The van der Waals surface area contributed by atoms with Crippen molar-refractivity contribution in [2.24, 2.45) is 10.8 Å². The Morgan fingerprint density at radius 3 is 2.17 bits per heavy atom. The molecule has 242 valence electrons. The van der Waals surface area contributed by atoms with Crippen LogP contribution in [-0.4, -0.2) is 54.9 Å². The summed E-state index contributed by atoms with van der Waals surface area (Å²) in [5.41, 5.74) is -2.53. The summed E-state index contributed by atoms with van der Waals surface area (Å²) in [7, 11) is 0. The fourth-order valence-corrected chi connectivity index (χ4v) is 8.12. The first-order valence-corrected chi connectivity index (χ1v) is 15.5. The van der Waals surface area contributed by atoms with E-state index in [4.69, 9.17) is 0 Å². The second-order valence-electron chi connectivity index (χ2n) is 14.2. The monoisotopic (exact) mass is 628 g/mol. The quantitative estimate of drug-likeness (QED) is 0.235. The maximum Gasteiger partial charge on any atom is 0.203 e. The molecule has 3 aliphatic rings. The SMILES string of the molecule is CC(=O)C1=C(O)[C@]2(O)C(=O)C3=C(O)c4c(O)c(CC(=O)Cc5ccc(C)c(C(C)=O)c5)cc(C(C)C)c4C[C@]3(C)C[C@]2(C)CC1=O. The smallest absolute Gasteiger partial charge is 0.203 e. The molecule has 0 saturated heterocycles. The Kier molecular flexibility index (Phi) is 7.80. The Balaban J connectivity index is 1.63. The van der Waals surface area contributed by atoms with Crippen LogP contribution in [0.25, 0.3) is 5.76 Å². The first-order chi connectivity index (χ1) is 21.3. The minimum atomic E-state index is -2.65. The van der Waals surface area contributed by atoms with Crippen molar-refractivity contribution in [3.8, 4) is 5.75 Å². The summed E-state index contributed by atoms with van der Waals surface area (Å²) in [5.74, 6) is -4.92. The number of benzene rings is 2. The molecule has 0 unspecified atom stereocenters. The van der Waals surface area contributed by atoms with E-state index in [9.17, 15) is 44.4 Å². The van der Waals surface area contributed by atoms with Crippen molar-refractivity contribution >= 4 is 34.7 Å². The molecule has 1 saturated carbocycles. The Labute approximate surface area is 267 Å². The summed E-state index contributed by atoms with van der Waals surface area (Å²) in [4.78, 5) is 64.8. The molecule has 0 aromatic heterocycles. The van der Waals surface area contributed by atoms with Crippen molar-refractivity contribution < 1.29 is 44.4 Å². The zero-order valence-corrected chi connectivity index (χ0v) is 27.3. The number of aliphatic hydroxyl groups excluding tert-OH is 2. The highest BCUT2D eigenvalue weighted by atomic mass is 16.3. The lowest BCUT2D eigenvalue weighted by Crippen LogP contribution is -2.65. The van der Waals surface area contributed by atoms with Gasteiger partial charge in [-0.25, -0.2) is 0 Å². The van der Waals surface area contributed by atoms with E-state index >= 15 is 0 Å². The lowest BCUT2D eigenvalue weighted by atomic mass is 9.47. The van der Waals surface area contributed by atoms with E-state index in [0.717, 1.165) is 18.1 Å². The van der Waals surface area contributed by atoms with Gasteiger partial charge in [0.15, 0.2) is 23.0 Å². The number of hydrogen-bond donors (Lipinski definition) is 4. The summed E-state index contributed by atoms with van der Waals surface area (Å²) in [5, 5.41) is 46.4. The van der Waals surface area contributed by atoms with Crippen LogP contribution < -0.4 is 0 Å². The summed E-state index contributed by atoms with van der Waals surface area (Å²) in [6.07, 6.45) is -0.357. The molecule has 2 aromatic rings. The van der Waals surface area contributed by atoms with Gasteiger partial charge in [-0.05, 0) is 67.9 Å². The van der Waals surface area contributed by atoms with Crippen LogP contribution in [0.1, 0.15) is 104 Å². The summed E-state index contributed by atoms with van der Waals surface area (Å²) >= 11 is 0. The lowest BCUT2D eigenvalue weighted by molar-refractivity contribution is -0.165. The Morgan fingerprint density at radius 2 is 1.59 bits per heavy atom. The third kappa shape index (κ3) is 4.75. The lowest BCUT2D eigenvalue weighted by Gasteiger charge is -2.56. The molecule has 9 heteroatoms. The van der Waals surface area contributed by atoms with Gasteiger partial charge in [-0.1, -0.05) is 45.9 Å². The predicted octanol–water partition coefficient (Wildman–Crippen LogP) is 5.30. The number of phenolic OH excluding ortho intramolecular Hbond substituents is 1. The van der Waals surface area contributed by atoms with E-state index in [1.54, 1.807) is 31.2 Å². The van der Waals surface area contributed by atoms with Gasteiger partial charge >= 0.3 is 0 Å². The molecule has 0 aliphatic heterocycles. The van der Waals surface area contributed by atoms with E-state index < -0.39 is 50.9 Å². The van der Waals surface area contributed by atoms with Crippen LogP contribution in [0.4, 0.5) is 0 Å². The highest BCUT2D eigenvalue weighted by Crippen LogP contribution is 2.63. The molecule has 3 atom stereocenters. The van der Waals surface area contributed by atoms with Crippen molar-refractivity contribution in [2.45, 2.75) is 92.1 Å². The maximum atomic E-state index is 14.3. The van der Waals surface area contributed by atoms with Gasteiger partial charge in [0.2, 0.25) is 5.78 Å². The number of aliphatic hydroxyl groups is 3. The average Bonchev–Trinajstić information content (AvgIpc) is 2.92. The molecule has 2 aromatic carbocycles. The molecule has 5 rings (SSSR count). The van der Waals surface area contributed by atoms with Crippen LogP contribution in [0.15, 0.2) is 41.2 Å². The molecule has 0 spiro atoms. The topological polar surface area (TPSA) is 166 Å². The van der Waals surface area contributed by atoms with E-state index in [-0.39, 0.29) is 72.0 Å². The number of ketones is 5. The molecular formula is C37H40O9. The molecule has 1 fully saturated rings. The van der Waals surface area contributed by atoms with Crippen LogP contribution in [0.3, 0.4) is 0 Å². The second kappa shape index (κ2) is 10.9. The van der Waals surface area contributed by atoms with Gasteiger partial charge in [-0.15, -0.1) is 0 Å². The Bertz CT molecular complexity index is 1840. The number of aryl methyl sites for hydroxylation is 1. The van der Waals surface area contributed by atoms with E-state index in [2.05, 4.69) is 0 Å². The second-order valence-corrected chi connectivity index (χ2v) is 14.2. The number of allylic oxidation sites excluding steroid dienone is 1. The van der Waals surface area contributed by atoms with Crippen molar-refractivity contribution in [3.63, 3.8) is 0 Å². The van der Waals surface area contributed by atoms with E-state index in [1.165, 1.54) is 13.8 Å². The maximum absolute atomic E-state index is 14.3. The molecule has 9 nitrogen and oxygen atoms in total. The number of aromatic hydroxyl groups is 1. The van der Waals surface area contributed by atoms with Crippen molar-refractivity contribution in [2.75, 3.05) is 0 Å². The van der Waals surface area contributed by atoms with E-state index in [1.807, 2.05) is 20.8 Å². The standard InChI is InChI=1S/C37H40O9/c1-17(2)24-13-22(12-23(40)10-21-9-8-18(3)25(11-21)19(4)38)31(42)29-26(24)14-35(6)16-36(7)15-27(41)28(20(5)39)33(44)37(36,46)34(45)30(35)32(29)43/h8-9,11,13,17,42-44,46H,10,12,14-16H2,1-7H3/t35-,36+,37+/m1/s1. The third-order valence-electron chi connectivity index (χ3n) is 10.2. The van der Waals surface area contributed by atoms with Crippen LogP contribution in [0.2, 0.25) is 0 Å². The third-order valence-corrected chi connectivity index (χ3v) is 10.2. The molecular weight excluding hydrogens is 588 g/mol. The fourth-order valence-electron chi connectivity index (χ4n) is 8.12. The van der Waals surface area contributed by atoms with Gasteiger partial charge in [0.1, 0.15) is 28.6 Å². The fraction of sp³-hybridized carbons (Fsp3) is 0.432. The predicted molar refractivity (Wildman–Crippen MR) is 170 cm³/mol. The number of Topliss-reactive ketones (excluding diaryl/α,β-unsaturated/α-hetero) is 5. The average molecular weight is 629 g/mol. The van der Waals surface area contributed by atoms with Crippen molar-refractivity contribution in [1.29, 1.82) is 0 Å². The van der Waals surface area contributed by atoms with Crippen LogP contribution in [-0.2, 0) is 38.4 Å². The van der Waals surface area contributed by atoms with Gasteiger partial charge in [0.05, 0.1) is 5.56 Å². The highest BCUT2D eigenvalue weighted by Gasteiger charge is 2.68. The molecule has 0 amide bonds. The minimum absolute atomic E-state index is 0.00611. The number of fused-ring (bicyclic) bond motifs is 3. The molecule has 0 bridgehead atoms. The van der Waals surface area contributed by atoms with Crippen LogP contribution >= 0.6 is 0 Å². The van der Waals surface area contributed by atoms with Gasteiger partial charge in [-0.2, -0.15) is 0 Å². The first kappa shape index (κ1) is 33.0. The molecule has 0 radical (unpaired) electrons. The van der Waals surface area contributed by atoms with Gasteiger partial charge < -0.3 is 20.4 Å². The molecule has 4 N–H and O–H groups in total. The number of rotatable bonds is 7. The summed E-state index contributed by atoms with van der Waals surface area (Å²) in [6.45, 7) is 11.5. The normalized spacial score (nSPS) is 25.8. The summed E-state index contributed by atoms with van der Waals surface area (Å²) < 4.78 is 0. The molecule has 46 heavy (non-hydrogen) atoms. The van der Waals surface area contributed by atoms with Crippen molar-refractivity contribution in [1.82, 2.24) is 0 Å². The Morgan fingerprint density at radius 1 is 0.935 bits per heavy atom. The largest absolute Gasteiger partial charge is 0.508 e. The summed E-state index contributed by atoms with van der Waals surface area (Å²) in [6, 6.07) is 6.99. The van der Waals surface area contributed by atoms with Gasteiger partial charge in [0.25, 0.3) is 0 Å². The zero-order chi connectivity index (χ0) is 34.3. The Hall–Kier alpha value is -4.37. The zero-order valence-electron chi connectivity index (χ0n) is 27.3. The number of carbonyl (C=O) groups is 5. The van der Waals surface area contributed by atoms with Crippen molar-refractivity contribution in [3.05, 3.63) is 80.1 Å². The van der Waals surface area contributed by atoms with Gasteiger partial charge in [-0.3, -0.25) is 24.0 Å². The first-order valence-electron chi connectivity index (χ1n) is 15.5. The van der Waals surface area contributed by atoms with Crippen LogP contribution in [0, 0.1) is 17.8 Å². The number of hydrogen-bond acceptors (Lipinski definition) is 9. The molecule has 0 heterocycles. The minimum Gasteiger partial charge on any atom is -0.508 e. The number of phenols is 1. The van der Waals surface area contributed by atoms with Gasteiger partial charge in [0, 0.05) is 46.8 Å². The van der Waals surface area contributed by atoms with E-state index in [0.29, 0.717) is 16.7 Å². The van der Waals surface area contributed by atoms with Crippen LogP contribution in [0.5, 0.6) is 5.75 Å². The molecule has 3 aliphatic carbocycles. The highest BCUT2D eigenvalue weighted by molar-refractivity contribution is 6.23.